The van der Waals surface area contributed by atoms with Crippen LogP contribution in [0.25, 0.3) is 23.3 Å². The van der Waals surface area contributed by atoms with Crippen LogP contribution < -0.4 is 14.5 Å². The number of nitrogens with zero attached hydrogens (tertiary/aromatic N) is 4. The predicted molar refractivity (Wildman–Crippen MR) is 81.3 cm³/mol. The van der Waals surface area contributed by atoms with Gasteiger partial charge in [-0.3, -0.25) is 0 Å². The highest BCUT2D eigenvalue weighted by Gasteiger charge is 1.98. The number of hydrogen-bond acceptors (Lipinski definition) is 2. The summed E-state index contributed by atoms with van der Waals surface area (Å²) in [5, 5.41) is 0. The van der Waals surface area contributed by atoms with E-state index in [0.717, 1.165) is 16.9 Å². The maximum Gasteiger partial charge on any atom is 0.176 e. The van der Waals surface area contributed by atoms with Crippen LogP contribution in [0.15, 0.2) is 48.8 Å². The number of rotatable bonds is 3. The summed E-state index contributed by atoms with van der Waals surface area (Å²) in [6.45, 7) is 0. The molecule has 0 saturated heterocycles. The molecule has 0 fully saturated rings. The van der Waals surface area contributed by atoms with Gasteiger partial charge >= 0.3 is 0 Å². The van der Waals surface area contributed by atoms with Crippen molar-refractivity contribution in [3.63, 3.8) is 0 Å². The summed E-state index contributed by atoms with van der Waals surface area (Å²) in [7, 11) is 4.05. The zero-order chi connectivity index (χ0) is 13.9. The van der Waals surface area contributed by atoms with Gasteiger partial charge in [-0.15, -0.1) is 0 Å². The van der Waals surface area contributed by atoms with Crippen molar-refractivity contribution in [1.29, 1.82) is 0 Å². The highest BCUT2D eigenvalue weighted by molar-refractivity contribution is 5.76. The van der Waals surface area contributed by atoms with E-state index < -0.39 is 0 Å². The molecule has 0 saturated carbocycles. The van der Waals surface area contributed by atoms with E-state index in [0.29, 0.717) is 0 Å². The van der Waals surface area contributed by atoms with Gasteiger partial charge in [-0.25, -0.2) is 0 Å². The molecule has 0 aliphatic carbocycles. The Morgan fingerprint density at radius 2 is 1.85 bits per heavy atom. The van der Waals surface area contributed by atoms with Gasteiger partial charge in [0.25, 0.3) is 0 Å². The van der Waals surface area contributed by atoms with E-state index in [-0.39, 0.29) is 0 Å². The highest BCUT2D eigenvalue weighted by Crippen LogP contribution is 2.10. The molecule has 2 heterocycles. The molecule has 0 amide bonds. The van der Waals surface area contributed by atoms with E-state index >= 15 is 0 Å². The lowest BCUT2D eigenvalue weighted by Crippen LogP contribution is -2.24. The van der Waals surface area contributed by atoms with Crippen molar-refractivity contribution in [2.45, 2.75) is 0 Å². The number of benzene rings is 1. The Hall–Kier alpha value is -2.62. The third kappa shape index (κ3) is 2.54. The van der Waals surface area contributed by atoms with Crippen molar-refractivity contribution in [2.24, 2.45) is 0 Å². The number of hydrogen-bond donors (Lipinski definition) is 0. The van der Waals surface area contributed by atoms with Gasteiger partial charge in [0, 0.05) is 38.0 Å². The Bertz CT molecular complexity index is 706. The molecule has 3 aromatic rings. The molecule has 0 atom stereocenters. The molecule has 0 unspecified atom stereocenters. The van der Waals surface area contributed by atoms with Gasteiger partial charge in [0.05, 0.1) is 0 Å². The van der Waals surface area contributed by atoms with E-state index in [1.165, 1.54) is 5.69 Å². The van der Waals surface area contributed by atoms with Crippen LogP contribution in [0, 0.1) is 0 Å². The molecule has 4 nitrogen and oxygen atoms in total. The van der Waals surface area contributed by atoms with Gasteiger partial charge in [-0.1, -0.05) is 30.1 Å². The average Bonchev–Trinajstić information content (AvgIpc) is 2.88. The first-order valence-electron chi connectivity index (χ1n) is 6.48. The van der Waals surface area contributed by atoms with E-state index in [2.05, 4.69) is 27.0 Å². The van der Waals surface area contributed by atoms with Crippen LogP contribution in [0.4, 0.5) is 5.69 Å². The molecule has 1 aromatic carbocycles. The highest BCUT2D eigenvalue weighted by atomic mass is 15.1. The fourth-order valence-corrected chi connectivity index (χ4v) is 1.98. The minimum atomic E-state index is 0.732. The molecule has 4 heteroatoms. The first kappa shape index (κ1) is 12.4. The molecule has 100 valence electrons. The number of imidazole rings is 1. The van der Waals surface area contributed by atoms with Crippen LogP contribution in [0.5, 0.6) is 0 Å². The molecule has 20 heavy (non-hydrogen) atoms. The van der Waals surface area contributed by atoms with Crippen LogP contribution >= 0.6 is 0 Å². The second-order valence-corrected chi connectivity index (χ2v) is 4.78. The SMILES string of the molecule is CN(C)c1cc[n+](/C=C/c2nc3ccccc3[n-]2)cc1. The number of para-hydroxylation sites is 2. The standard InChI is InChI=1S/C16H16N4/c1-19(2)13-7-10-20(11-8-13)12-9-16-17-14-5-3-4-6-15(14)18-16/h3-12H,1-2H3/b12-9+. The Morgan fingerprint density at radius 1 is 1.10 bits per heavy atom. The summed E-state index contributed by atoms with van der Waals surface area (Å²) in [5.74, 6) is 0.732. The molecule has 0 aliphatic heterocycles. The molecule has 0 N–H and O–H groups in total. The fourth-order valence-electron chi connectivity index (χ4n) is 1.98. The molecule has 2 aromatic heterocycles. The second kappa shape index (κ2) is 5.17. The van der Waals surface area contributed by atoms with Crippen molar-refractivity contribution < 1.29 is 4.57 Å². The maximum atomic E-state index is 4.45. The van der Waals surface area contributed by atoms with Gasteiger partial charge in [0.1, 0.15) is 0 Å². The average molecular weight is 264 g/mol. The maximum absolute atomic E-state index is 4.45. The Morgan fingerprint density at radius 3 is 2.55 bits per heavy atom. The Balaban J connectivity index is 1.82. The van der Waals surface area contributed by atoms with Crippen LogP contribution in [0.1, 0.15) is 5.82 Å². The van der Waals surface area contributed by atoms with E-state index in [4.69, 9.17) is 0 Å². The number of pyridine rings is 1. The second-order valence-electron chi connectivity index (χ2n) is 4.78. The molecular weight excluding hydrogens is 248 g/mol. The third-order valence-corrected chi connectivity index (χ3v) is 3.10. The van der Waals surface area contributed by atoms with Crippen LogP contribution in [0.2, 0.25) is 0 Å². The summed E-state index contributed by atoms with van der Waals surface area (Å²) < 4.78 is 1.98. The molecule has 0 aliphatic rings. The van der Waals surface area contributed by atoms with Crippen LogP contribution in [0.3, 0.4) is 0 Å². The van der Waals surface area contributed by atoms with Gasteiger partial charge < -0.3 is 14.9 Å². The summed E-state index contributed by atoms with van der Waals surface area (Å²) in [5.41, 5.74) is 3.03. The number of fused-ring (bicyclic) bond motifs is 1. The molecule has 0 radical (unpaired) electrons. The van der Waals surface area contributed by atoms with Gasteiger partial charge in [-0.05, 0) is 11.0 Å². The van der Waals surface area contributed by atoms with Crippen molar-refractivity contribution in [3.05, 3.63) is 54.6 Å². The topological polar surface area (TPSA) is 34.1 Å². The quantitative estimate of drug-likeness (QED) is 0.680. The van der Waals surface area contributed by atoms with E-state index in [1.807, 2.05) is 67.6 Å². The minimum absolute atomic E-state index is 0.732. The lowest BCUT2D eigenvalue weighted by atomic mass is 10.3. The summed E-state index contributed by atoms with van der Waals surface area (Å²) >= 11 is 0. The molecule has 3 rings (SSSR count). The molecule has 0 spiro atoms. The minimum Gasteiger partial charge on any atom is -0.436 e. The van der Waals surface area contributed by atoms with E-state index in [9.17, 15) is 0 Å². The van der Waals surface area contributed by atoms with Crippen LogP contribution in [-0.2, 0) is 0 Å². The summed E-state index contributed by atoms with van der Waals surface area (Å²) in [6.07, 6.45) is 7.88. The van der Waals surface area contributed by atoms with Crippen molar-refractivity contribution >= 4 is 29.0 Å². The van der Waals surface area contributed by atoms with Crippen molar-refractivity contribution in [3.8, 4) is 0 Å². The normalized spacial score (nSPS) is 11.3. The third-order valence-electron chi connectivity index (χ3n) is 3.10. The molecular formula is C16H16N4. The zero-order valence-electron chi connectivity index (χ0n) is 11.6. The summed E-state index contributed by atoms with van der Waals surface area (Å²) in [4.78, 5) is 11.0. The van der Waals surface area contributed by atoms with Gasteiger partial charge in [0.2, 0.25) is 0 Å². The Labute approximate surface area is 118 Å². The largest absolute Gasteiger partial charge is 0.436 e. The summed E-state index contributed by atoms with van der Waals surface area (Å²) in [6, 6.07) is 12.0. The molecule has 0 bridgehead atoms. The van der Waals surface area contributed by atoms with E-state index in [1.54, 1.807) is 0 Å². The van der Waals surface area contributed by atoms with Crippen molar-refractivity contribution in [2.75, 3.05) is 19.0 Å². The smallest absolute Gasteiger partial charge is 0.176 e. The number of aromatic nitrogens is 3. The first-order valence-corrected chi connectivity index (χ1v) is 6.48. The lowest BCUT2D eigenvalue weighted by Gasteiger charge is -2.09. The zero-order valence-corrected chi connectivity index (χ0v) is 11.6. The lowest BCUT2D eigenvalue weighted by molar-refractivity contribution is -0.567. The number of anilines is 1. The first-order chi connectivity index (χ1) is 9.72. The monoisotopic (exact) mass is 264 g/mol. The van der Waals surface area contributed by atoms with Crippen LogP contribution in [-0.4, -0.2) is 19.1 Å². The fraction of sp³-hybridized carbons (Fsp3) is 0.125. The van der Waals surface area contributed by atoms with Gasteiger partial charge in [-0.2, -0.15) is 4.57 Å². The predicted octanol–water partition coefficient (Wildman–Crippen LogP) is 2.17. The van der Waals surface area contributed by atoms with Gasteiger partial charge in [0.15, 0.2) is 18.6 Å². The Kier molecular flexibility index (Phi) is 3.21. The van der Waals surface area contributed by atoms with Crippen molar-refractivity contribution in [1.82, 2.24) is 9.97 Å².